The summed E-state index contributed by atoms with van der Waals surface area (Å²) in [6, 6.07) is 0.354. The van der Waals surface area contributed by atoms with Crippen molar-refractivity contribution in [3.8, 4) is 0 Å². The van der Waals surface area contributed by atoms with Crippen molar-refractivity contribution in [1.29, 1.82) is 0 Å². The largest absolute Gasteiger partial charge is 0.490 e. The van der Waals surface area contributed by atoms with Crippen LogP contribution in [-0.2, 0) is 4.79 Å². The van der Waals surface area contributed by atoms with Gasteiger partial charge < -0.3 is 15.3 Å². The summed E-state index contributed by atoms with van der Waals surface area (Å²) >= 11 is 0. The molecule has 1 atom stereocenters. The van der Waals surface area contributed by atoms with E-state index in [2.05, 4.69) is 36.1 Å². The highest BCUT2D eigenvalue weighted by Crippen LogP contribution is 2.30. The van der Waals surface area contributed by atoms with E-state index in [1.165, 1.54) is 19.3 Å². The molecule has 2 aliphatic rings. The Morgan fingerprint density at radius 3 is 2.42 bits per heavy atom. The number of halogens is 3. The van der Waals surface area contributed by atoms with E-state index in [1.807, 2.05) is 4.90 Å². The Morgan fingerprint density at radius 2 is 1.90 bits per heavy atom. The molecule has 1 aliphatic carbocycles. The first-order valence-corrected chi connectivity index (χ1v) is 10.8. The molecular formula is C21H31F3N4O3. The van der Waals surface area contributed by atoms with Crippen LogP contribution in [0, 0.1) is 5.92 Å². The summed E-state index contributed by atoms with van der Waals surface area (Å²) in [5.41, 5.74) is 0.639. The molecule has 1 aromatic heterocycles. The molecule has 2 heterocycles. The van der Waals surface area contributed by atoms with Gasteiger partial charge in [-0.15, -0.1) is 0 Å². The average Bonchev–Trinajstić information content (AvgIpc) is 3.55. The number of alkyl halides is 3. The third kappa shape index (κ3) is 7.36. The Labute approximate surface area is 180 Å². The van der Waals surface area contributed by atoms with Gasteiger partial charge in [-0.05, 0) is 44.4 Å². The van der Waals surface area contributed by atoms with Crippen LogP contribution in [0.1, 0.15) is 81.4 Å². The molecule has 31 heavy (non-hydrogen) atoms. The van der Waals surface area contributed by atoms with Crippen molar-refractivity contribution in [2.45, 2.75) is 77.4 Å². The maximum absolute atomic E-state index is 13.1. The lowest BCUT2D eigenvalue weighted by molar-refractivity contribution is -0.192. The molecule has 2 fully saturated rings. The zero-order valence-electron chi connectivity index (χ0n) is 18.2. The number of carbonyl (C=O) groups excluding carboxylic acids is 1. The Hall–Kier alpha value is -2.39. The van der Waals surface area contributed by atoms with Gasteiger partial charge in [-0.3, -0.25) is 4.79 Å². The van der Waals surface area contributed by atoms with E-state index in [-0.39, 0.29) is 11.8 Å². The number of carboxylic acids is 1. The van der Waals surface area contributed by atoms with Crippen LogP contribution in [0.5, 0.6) is 0 Å². The van der Waals surface area contributed by atoms with Crippen molar-refractivity contribution >= 4 is 17.7 Å². The number of nitrogens with one attached hydrogen (secondary N) is 1. The van der Waals surface area contributed by atoms with Crippen molar-refractivity contribution in [2.24, 2.45) is 5.92 Å². The van der Waals surface area contributed by atoms with Gasteiger partial charge in [-0.25, -0.2) is 14.8 Å². The molecule has 2 N–H and O–H groups in total. The number of amides is 1. The molecule has 1 saturated carbocycles. The van der Waals surface area contributed by atoms with Crippen LogP contribution in [0.3, 0.4) is 0 Å². The van der Waals surface area contributed by atoms with Crippen molar-refractivity contribution in [2.75, 3.05) is 18.4 Å². The highest BCUT2D eigenvalue weighted by atomic mass is 19.4. The van der Waals surface area contributed by atoms with Crippen molar-refractivity contribution in [3.63, 3.8) is 0 Å². The molecule has 10 heteroatoms. The Bertz CT molecular complexity index is 767. The Morgan fingerprint density at radius 1 is 1.26 bits per heavy atom. The molecule has 0 radical (unpaired) electrons. The number of carbonyl (C=O) groups is 2. The second kappa shape index (κ2) is 10.8. The average molecular weight is 444 g/mol. The SMILES string of the molecule is CCC1CCCCN1C(=O)c1cnc(C(C)C)nc1NCC1CC1.O=C(O)C(F)(F)F. The summed E-state index contributed by atoms with van der Waals surface area (Å²) in [5.74, 6) is -0.137. The number of anilines is 1. The molecule has 1 unspecified atom stereocenters. The third-order valence-electron chi connectivity index (χ3n) is 5.41. The van der Waals surface area contributed by atoms with Crippen LogP contribution in [-0.4, -0.2) is 57.2 Å². The van der Waals surface area contributed by atoms with E-state index in [0.29, 0.717) is 11.6 Å². The second-order valence-corrected chi connectivity index (χ2v) is 8.33. The molecule has 1 aromatic rings. The lowest BCUT2D eigenvalue weighted by Crippen LogP contribution is -2.43. The predicted molar refractivity (Wildman–Crippen MR) is 110 cm³/mol. The van der Waals surface area contributed by atoms with Gasteiger partial charge in [0.1, 0.15) is 17.2 Å². The number of rotatable bonds is 6. The van der Waals surface area contributed by atoms with Gasteiger partial charge in [0.25, 0.3) is 5.91 Å². The summed E-state index contributed by atoms with van der Waals surface area (Å²) in [6.45, 7) is 8.09. The maximum Gasteiger partial charge on any atom is 0.490 e. The monoisotopic (exact) mass is 444 g/mol. The topological polar surface area (TPSA) is 95.4 Å². The van der Waals surface area contributed by atoms with Crippen LogP contribution >= 0.6 is 0 Å². The van der Waals surface area contributed by atoms with Gasteiger partial charge in [0.2, 0.25) is 0 Å². The quantitative estimate of drug-likeness (QED) is 0.673. The van der Waals surface area contributed by atoms with Gasteiger partial charge in [-0.1, -0.05) is 20.8 Å². The van der Waals surface area contributed by atoms with Crippen LogP contribution in [0.4, 0.5) is 19.0 Å². The standard InChI is InChI=1S/C19H30N4O.C2HF3O2/c1-4-15-7-5-6-10-23(15)19(24)16-12-21-17(13(2)3)22-18(16)20-11-14-8-9-14;3-2(4,5)1(6)7/h12-15H,4-11H2,1-3H3,(H,20,21,22);(H,6,7). The van der Waals surface area contributed by atoms with Crippen molar-refractivity contribution < 1.29 is 27.9 Å². The van der Waals surface area contributed by atoms with E-state index in [1.54, 1.807) is 6.20 Å². The molecule has 0 bridgehead atoms. The summed E-state index contributed by atoms with van der Waals surface area (Å²) in [7, 11) is 0. The second-order valence-electron chi connectivity index (χ2n) is 8.33. The fourth-order valence-electron chi connectivity index (χ4n) is 3.38. The number of aromatic nitrogens is 2. The minimum atomic E-state index is -5.08. The third-order valence-corrected chi connectivity index (χ3v) is 5.41. The fraction of sp³-hybridized carbons (Fsp3) is 0.714. The first kappa shape index (κ1) is 24.9. The molecule has 174 valence electrons. The smallest absolute Gasteiger partial charge is 0.475 e. The predicted octanol–water partition coefficient (Wildman–Crippen LogP) is 4.46. The molecule has 1 saturated heterocycles. The molecule has 1 amide bonds. The molecule has 0 aromatic carbocycles. The fourth-order valence-corrected chi connectivity index (χ4v) is 3.38. The molecular weight excluding hydrogens is 413 g/mol. The minimum absolute atomic E-state index is 0.0927. The maximum atomic E-state index is 13.1. The van der Waals surface area contributed by atoms with Crippen LogP contribution in [0.15, 0.2) is 6.20 Å². The number of carboxylic acid groups (broad SMARTS) is 1. The lowest BCUT2D eigenvalue weighted by Gasteiger charge is -2.35. The Kier molecular flexibility index (Phi) is 8.64. The first-order chi connectivity index (χ1) is 14.5. The van der Waals surface area contributed by atoms with E-state index < -0.39 is 12.1 Å². The van der Waals surface area contributed by atoms with Crippen molar-refractivity contribution in [1.82, 2.24) is 14.9 Å². The van der Waals surface area contributed by atoms with Gasteiger partial charge in [0.05, 0.1) is 0 Å². The van der Waals surface area contributed by atoms with Gasteiger partial charge in [0, 0.05) is 31.2 Å². The number of hydrogen-bond acceptors (Lipinski definition) is 5. The van der Waals surface area contributed by atoms with E-state index in [0.717, 1.165) is 49.9 Å². The summed E-state index contributed by atoms with van der Waals surface area (Å²) < 4.78 is 31.7. The van der Waals surface area contributed by atoms with E-state index in [9.17, 15) is 18.0 Å². The summed E-state index contributed by atoms with van der Waals surface area (Å²) in [6.07, 6.45) is 3.65. The lowest BCUT2D eigenvalue weighted by atomic mass is 9.99. The van der Waals surface area contributed by atoms with E-state index in [4.69, 9.17) is 9.90 Å². The number of piperidine rings is 1. The van der Waals surface area contributed by atoms with Gasteiger partial charge in [0.15, 0.2) is 0 Å². The van der Waals surface area contributed by atoms with Crippen molar-refractivity contribution in [3.05, 3.63) is 17.6 Å². The van der Waals surface area contributed by atoms with Gasteiger partial charge in [-0.2, -0.15) is 13.2 Å². The highest BCUT2D eigenvalue weighted by molar-refractivity contribution is 5.98. The summed E-state index contributed by atoms with van der Waals surface area (Å²) in [5, 5.41) is 10.5. The number of nitrogens with zero attached hydrogens (tertiary/aromatic N) is 3. The Balaban J connectivity index is 0.000000423. The van der Waals surface area contributed by atoms with Gasteiger partial charge >= 0.3 is 12.1 Å². The van der Waals surface area contributed by atoms with E-state index >= 15 is 0 Å². The number of hydrogen-bond donors (Lipinski definition) is 2. The first-order valence-electron chi connectivity index (χ1n) is 10.8. The zero-order chi connectivity index (χ0) is 23.2. The summed E-state index contributed by atoms with van der Waals surface area (Å²) in [4.78, 5) is 33.2. The number of likely N-dealkylation sites (tertiary alicyclic amines) is 1. The molecule has 1 aliphatic heterocycles. The normalized spacial score (nSPS) is 18.9. The molecule has 7 nitrogen and oxygen atoms in total. The van der Waals surface area contributed by atoms with Crippen LogP contribution in [0.2, 0.25) is 0 Å². The molecule has 3 rings (SSSR count). The zero-order valence-corrected chi connectivity index (χ0v) is 18.2. The highest BCUT2D eigenvalue weighted by Gasteiger charge is 2.38. The van der Waals surface area contributed by atoms with Crippen LogP contribution < -0.4 is 5.32 Å². The number of aliphatic carboxylic acids is 1. The minimum Gasteiger partial charge on any atom is -0.475 e. The van der Waals surface area contributed by atoms with Crippen LogP contribution in [0.25, 0.3) is 0 Å². The molecule has 0 spiro atoms.